The summed E-state index contributed by atoms with van der Waals surface area (Å²) in [6.07, 6.45) is -10.2. The molecule has 0 aliphatic heterocycles. The average molecular weight is 418 g/mol. The summed E-state index contributed by atoms with van der Waals surface area (Å²) >= 11 is 0. The molecule has 0 heterocycles. The van der Waals surface area contributed by atoms with Gasteiger partial charge in [0.1, 0.15) is 11.5 Å². The fourth-order valence-corrected chi connectivity index (χ4v) is 2.01. The zero-order chi connectivity index (χ0) is 22.0. The van der Waals surface area contributed by atoms with Gasteiger partial charge < -0.3 is 9.47 Å². The van der Waals surface area contributed by atoms with Crippen LogP contribution < -0.4 is 9.47 Å². The first-order chi connectivity index (χ1) is 13.3. The minimum atomic E-state index is -5.09. The van der Waals surface area contributed by atoms with Gasteiger partial charge in [-0.1, -0.05) is 6.58 Å². The molecule has 0 spiro atoms. The molecule has 0 radical (unpaired) electrons. The highest BCUT2D eigenvalue weighted by molar-refractivity contribution is 5.91. The van der Waals surface area contributed by atoms with Gasteiger partial charge in [0.15, 0.2) is 0 Å². The van der Waals surface area contributed by atoms with Gasteiger partial charge in [-0.25, -0.2) is 9.59 Å². The van der Waals surface area contributed by atoms with E-state index in [4.69, 9.17) is 9.47 Å². The Morgan fingerprint density at radius 2 is 1.21 bits per heavy atom. The number of hydrogen-bond acceptors (Lipinski definition) is 4. The molecule has 0 aliphatic rings. The highest BCUT2D eigenvalue weighted by Gasteiger charge is 2.37. The van der Waals surface area contributed by atoms with Crippen LogP contribution in [0.15, 0.2) is 54.6 Å². The summed E-state index contributed by atoms with van der Waals surface area (Å²) in [5.41, 5.74) is -4.07. The van der Waals surface area contributed by atoms with Crippen molar-refractivity contribution in [3.63, 3.8) is 0 Å². The number of halogens is 6. The van der Waals surface area contributed by atoms with E-state index in [-0.39, 0.29) is 35.3 Å². The summed E-state index contributed by atoms with van der Waals surface area (Å²) in [5, 5.41) is 0. The molecule has 29 heavy (non-hydrogen) atoms. The largest absolute Gasteiger partial charge is 0.423 e. The molecular weight excluding hydrogens is 406 g/mol. The summed E-state index contributed by atoms with van der Waals surface area (Å²) < 4.78 is 86.9. The van der Waals surface area contributed by atoms with Crippen molar-refractivity contribution in [3.05, 3.63) is 71.3 Å². The van der Waals surface area contributed by atoms with Crippen LogP contribution in [0, 0.1) is 0 Å². The van der Waals surface area contributed by atoms with Crippen LogP contribution in [-0.4, -0.2) is 11.9 Å². The molecule has 0 saturated heterocycles. The van der Waals surface area contributed by atoms with E-state index in [0.717, 1.165) is 12.1 Å². The summed E-state index contributed by atoms with van der Waals surface area (Å²) in [7, 11) is 0. The predicted octanol–water partition coefficient (Wildman–Crippen LogP) is 5.42. The number of esters is 2. The standard InChI is InChI=1S/C19H12F6O4/c1-10(2)16(26)28-14-3-5-15(6-4-14)29-17(27)11-7-12(18(20,21)22)9-13(8-11)19(23,24)25/h3-9H,1H2,2H3. The number of rotatable bonds is 4. The van der Waals surface area contributed by atoms with E-state index >= 15 is 0 Å². The van der Waals surface area contributed by atoms with Crippen molar-refractivity contribution in [3.8, 4) is 11.5 Å². The number of benzene rings is 2. The zero-order valence-electron chi connectivity index (χ0n) is 14.6. The predicted molar refractivity (Wildman–Crippen MR) is 88.3 cm³/mol. The number of carbonyl (C=O) groups excluding carboxylic acids is 2. The van der Waals surface area contributed by atoms with Crippen LogP contribution in [0.4, 0.5) is 26.3 Å². The van der Waals surface area contributed by atoms with Gasteiger partial charge >= 0.3 is 24.3 Å². The third-order valence-electron chi connectivity index (χ3n) is 3.42. The molecule has 154 valence electrons. The van der Waals surface area contributed by atoms with E-state index in [0.29, 0.717) is 0 Å². The van der Waals surface area contributed by atoms with Gasteiger partial charge in [-0.15, -0.1) is 0 Å². The average Bonchev–Trinajstić information content (AvgIpc) is 2.61. The van der Waals surface area contributed by atoms with Crippen molar-refractivity contribution in [2.45, 2.75) is 19.3 Å². The van der Waals surface area contributed by atoms with Crippen LogP contribution in [-0.2, 0) is 17.1 Å². The number of ether oxygens (including phenoxy) is 2. The fraction of sp³-hybridized carbons (Fsp3) is 0.158. The lowest BCUT2D eigenvalue weighted by Crippen LogP contribution is -2.16. The SMILES string of the molecule is C=C(C)C(=O)Oc1ccc(OC(=O)c2cc(C(F)(F)F)cc(C(F)(F)F)c2)cc1. The van der Waals surface area contributed by atoms with Gasteiger partial charge in [-0.2, -0.15) is 26.3 Å². The molecule has 0 fully saturated rings. The lowest BCUT2D eigenvalue weighted by Gasteiger charge is -2.14. The zero-order valence-corrected chi connectivity index (χ0v) is 14.6. The van der Waals surface area contributed by atoms with Crippen molar-refractivity contribution in [1.82, 2.24) is 0 Å². The van der Waals surface area contributed by atoms with Crippen molar-refractivity contribution in [2.24, 2.45) is 0 Å². The van der Waals surface area contributed by atoms with Crippen LogP contribution in [0.25, 0.3) is 0 Å². The molecule has 2 aromatic rings. The van der Waals surface area contributed by atoms with Gasteiger partial charge in [0.25, 0.3) is 0 Å². The summed E-state index contributed by atoms with van der Waals surface area (Å²) in [5.74, 6) is -2.25. The number of alkyl halides is 6. The minimum absolute atomic E-state index is 0.0659. The monoisotopic (exact) mass is 418 g/mol. The minimum Gasteiger partial charge on any atom is -0.423 e. The molecule has 0 aromatic heterocycles. The molecule has 2 aromatic carbocycles. The Morgan fingerprint density at radius 3 is 1.59 bits per heavy atom. The van der Waals surface area contributed by atoms with Gasteiger partial charge in [-0.3, -0.25) is 0 Å². The van der Waals surface area contributed by atoms with E-state index in [9.17, 15) is 35.9 Å². The molecule has 0 N–H and O–H groups in total. The number of carbonyl (C=O) groups is 2. The van der Waals surface area contributed by atoms with E-state index in [1.54, 1.807) is 0 Å². The van der Waals surface area contributed by atoms with E-state index in [1.165, 1.54) is 19.1 Å². The van der Waals surface area contributed by atoms with E-state index in [1.807, 2.05) is 0 Å². The number of hydrogen-bond donors (Lipinski definition) is 0. The Bertz CT molecular complexity index is 910. The van der Waals surface area contributed by atoms with Crippen molar-refractivity contribution < 1.29 is 45.4 Å². The van der Waals surface area contributed by atoms with Crippen molar-refractivity contribution >= 4 is 11.9 Å². The van der Waals surface area contributed by atoms with Crippen LogP contribution in [0.3, 0.4) is 0 Å². The van der Waals surface area contributed by atoms with Crippen LogP contribution in [0.1, 0.15) is 28.4 Å². The third-order valence-corrected chi connectivity index (χ3v) is 3.42. The lowest BCUT2D eigenvalue weighted by molar-refractivity contribution is -0.143. The maximum Gasteiger partial charge on any atom is 0.416 e. The molecule has 0 amide bonds. The summed E-state index contributed by atoms with van der Waals surface area (Å²) in [4.78, 5) is 23.5. The Labute approximate surface area is 160 Å². The molecule has 10 heteroatoms. The second-order valence-electron chi connectivity index (χ2n) is 5.83. The van der Waals surface area contributed by atoms with Gasteiger partial charge in [-0.05, 0) is 49.4 Å². The topological polar surface area (TPSA) is 52.6 Å². The Balaban J connectivity index is 2.26. The van der Waals surface area contributed by atoms with Crippen molar-refractivity contribution in [1.29, 1.82) is 0 Å². The maximum atomic E-state index is 12.9. The van der Waals surface area contributed by atoms with Crippen LogP contribution in [0.5, 0.6) is 11.5 Å². The molecule has 2 rings (SSSR count). The maximum absolute atomic E-state index is 12.9. The molecule has 0 atom stereocenters. The van der Waals surface area contributed by atoms with E-state index in [2.05, 4.69) is 6.58 Å². The summed E-state index contributed by atoms with van der Waals surface area (Å²) in [6.45, 7) is 4.81. The molecule has 0 saturated carbocycles. The summed E-state index contributed by atoms with van der Waals surface area (Å²) in [6, 6.07) is 5.17. The van der Waals surface area contributed by atoms with Crippen molar-refractivity contribution in [2.75, 3.05) is 0 Å². The molecule has 0 unspecified atom stereocenters. The van der Waals surface area contributed by atoms with Crippen LogP contribution >= 0.6 is 0 Å². The Morgan fingerprint density at radius 1 is 0.793 bits per heavy atom. The molecule has 0 aliphatic carbocycles. The fourth-order valence-electron chi connectivity index (χ4n) is 2.01. The first-order valence-corrected chi connectivity index (χ1v) is 7.77. The molecule has 0 bridgehead atoms. The molecule has 4 nitrogen and oxygen atoms in total. The van der Waals surface area contributed by atoms with Gasteiger partial charge in [0, 0.05) is 5.57 Å². The third kappa shape index (κ3) is 5.84. The van der Waals surface area contributed by atoms with Gasteiger partial charge in [0.05, 0.1) is 16.7 Å². The second kappa shape index (κ2) is 7.98. The highest BCUT2D eigenvalue weighted by Crippen LogP contribution is 2.36. The second-order valence-corrected chi connectivity index (χ2v) is 5.83. The smallest absolute Gasteiger partial charge is 0.416 e. The van der Waals surface area contributed by atoms with Crippen LogP contribution in [0.2, 0.25) is 0 Å². The van der Waals surface area contributed by atoms with Gasteiger partial charge in [0.2, 0.25) is 0 Å². The first kappa shape index (κ1) is 22.0. The van der Waals surface area contributed by atoms with E-state index < -0.39 is 41.0 Å². The quantitative estimate of drug-likeness (QED) is 0.288. The normalized spacial score (nSPS) is 11.7. The first-order valence-electron chi connectivity index (χ1n) is 7.77. The Kier molecular flexibility index (Phi) is 6.05. The Hall–Kier alpha value is -3.30. The lowest BCUT2D eigenvalue weighted by atomic mass is 10.0. The molecular formula is C19H12F6O4. The highest BCUT2D eigenvalue weighted by atomic mass is 19.4.